The summed E-state index contributed by atoms with van der Waals surface area (Å²) in [5.74, 6) is 0.595. The van der Waals surface area contributed by atoms with Gasteiger partial charge in [0.2, 0.25) is 0 Å². The van der Waals surface area contributed by atoms with Gasteiger partial charge in [0.25, 0.3) is 0 Å². The zero-order valence-corrected chi connectivity index (χ0v) is 11.6. The van der Waals surface area contributed by atoms with Crippen LogP contribution in [0.15, 0.2) is 23.2 Å². The molecule has 1 aliphatic heterocycles. The normalized spacial score (nSPS) is 20.3. The summed E-state index contributed by atoms with van der Waals surface area (Å²) in [5, 5.41) is 3.15. The Morgan fingerprint density at radius 2 is 2.33 bits per heavy atom. The maximum atomic E-state index is 11.8. The molecule has 6 heteroatoms. The van der Waals surface area contributed by atoms with Crippen LogP contribution in [-0.4, -0.2) is 45.8 Å². The molecule has 1 saturated heterocycles. The fraction of sp³-hybridized carbons (Fsp3) is 0.583. The smallest absolute Gasteiger partial charge is 0.179 e. The van der Waals surface area contributed by atoms with Crippen molar-refractivity contribution in [1.29, 1.82) is 0 Å². The van der Waals surface area contributed by atoms with E-state index >= 15 is 0 Å². The first-order valence-electron chi connectivity index (χ1n) is 6.10. The van der Waals surface area contributed by atoms with Gasteiger partial charge < -0.3 is 10.2 Å². The Morgan fingerprint density at radius 3 is 3.00 bits per heavy atom. The molecule has 1 aromatic heterocycles. The maximum Gasteiger partial charge on any atom is 0.179 e. The van der Waals surface area contributed by atoms with Crippen LogP contribution in [0.2, 0.25) is 0 Å². The summed E-state index contributed by atoms with van der Waals surface area (Å²) in [6.45, 7) is 1.71. The number of hydrogen-bond donors (Lipinski definition) is 1. The van der Waals surface area contributed by atoms with Gasteiger partial charge in [0.15, 0.2) is 9.84 Å². The SMILES string of the molecule is CNCC1CCCN1c1ncccc1S(C)(=O)=O. The lowest BCUT2D eigenvalue weighted by Gasteiger charge is -2.26. The number of sulfone groups is 1. The van der Waals surface area contributed by atoms with Crippen LogP contribution in [-0.2, 0) is 9.84 Å². The van der Waals surface area contributed by atoms with Gasteiger partial charge in [-0.05, 0) is 32.0 Å². The number of nitrogens with one attached hydrogen (secondary N) is 1. The standard InChI is InChI=1S/C12H19N3O2S/c1-13-9-10-5-4-8-15(10)12-11(18(2,16)17)6-3-7-14-12/h3,6-7,10,13H,4-5,8-9H2,1-2H3. The van der Waals surface area contributed by atoms with Crippen molar-refractivity contribution in [3.8, 4) is 0 Å². The van der Waals surface area contributed by atoms with Crippen molar-refractivity contribution in [1.82, 2.24) is 10.3 Å². The van der Waals surface area contributed by atoms with E-state index in [4.69, 9.17) is 0 Å². The minimum Gasteiger partial charge on any atom is -0.351 e. The second-order valence-corrected chi connectivity index (χ2v) is 6.63. The second kappa shape index (κ2) is 5.24. The molecule has 1 unspecified atom stereocenters. The van der Waals surface area contributed by atoms with E-state index in [1.807, 2.05) is 7.05 Å². The number of nitrogens with zero attached hydrogens (tertiary/aromatic N) is 2. The van der Waals surface area contributed by atoms with Gasteiger partial charge in [-0.3, -0.25) is 0 Å². The Morgan fingerprint density at radius 1 is 1.56 bits per heavy atom. The summed E-state index contributed by atoms with van der Waals surface area (Å²) in [5.41, 5.74) is 0. The Bertz CT molecular complexity index is 516. The van der Waals surface area contributed by atoms with Crippen molar-refractivity contribution >= 4 is 15.7 Å². The third-order valence-electron chi connectivity index (χ3n) is 3.24. The zero-order valence-electron chi connectivity index (χ0n) is 10.8. The van der Waals surface area contributed by atoms with Crippen LogP contribution < -0.4 is 10.2 Å². The van der Waals surface area contributed by atoms with Crippen LogP contribution in [0.1, 0.15) is 12.8 Å². The molecule has 0 aliphatic carbocycles. The highest BCUT2D eigenvalue weighted by Crippen LogP contribution is 2.28. The van der Waals surface area contributed by atoms with Crippen LogP contribution in [0.4, 0.5) is 5.82 Å². The molecule has 0 saturated carbocycles. The molecule has 0 amide bonds. The van der Waals surface area contributed by atoms with E-state index in [2.05, 4.69) is 15.2 Å². The van der Waals surface area contributed by atoms with E-state index in [-0.39, 0.29) is 0 Å². The predicted octanol–water partition coefficient (Wildman–Crippen LogP) is 0.673. The minimum atomic E-state index is -3.23. The van der Waals surface area contributed by atoms with Gasteiger partial charge in [0.1, 0.15) is 10.7 Å². The summed E-state index contributed by atoms with van der Waals surface area (Å²) in [4.78, 5) is 6.71. The molecule has 1 aromatic rings. The number of pyridine rings is 1. The molecule has 2 rings (SSSR count). The lowest BCUT2D eigenvalue weighted by molar-refractivity contribution is 0.594. The Kier molecular flexibility index (Phi) is 3.87. The first kappa shape index (κ1) is 13.3. The molecule has 2 heterocycles. The highest BCUT2D eigenvalue weighted by atomic mass is 32.2. The average molecular weight is 269 g/mol. The lowest BCUT2D eigenvalue weighted by atomic mass is 10.2. The number of aromatic nitrogens is 1. The van der Waals surface area contributed by atoms with E-state index in [1.165, 1.54) is 6.26 Å². The van der Waals surface area contributed by atoms with Crippen molar-refractivity contribution < 1.29 is 8.42 Å². The lowest BCUT2D eigenvalue weighted by Crippen LogP contribution is -2.38. The molecule has 100 valence electrons. The van der Waals surface area contributed by atoms with Gasteiger partial charge in [0.05, 0.1) is 0 Å². The van der Waals surface area contributed by atoms with Crippen LogP contribution in [0.3, 0.4) is 0 Å². The van der Waals surface area contributed by atoms with Crippen molar-refractivity contribution in [2.24, 2.45) is 0 Å². The van der Waals surface area contributed by atoms with Crippen molar-refractivity contribution in [3.63, 3.8) is 0 Å². The zero-order chi connectivity index (χ0) is 13.2. The van der Waals surface area contributed by atoms with Gasteiger partial charge in [-0.1, -0.05) is 0 Å². The molecule has 18 heavy (non-hydrogen) atoms. The van der Waals surface area contributed by atoms with Crippen molar-refractivity contribution in [2.75, 3.05) is 31.3 Å². The minimum absolute atomic E-state index is 0.324. The topological polar surface area (TPSA) is 62.3 Å². The summed E-state index contributed by atoms with van der Waals surface area (Å²) >= 11 is 0. The van der Waals surface area contributed by atoms with Gasteiger partial charge in [-0.2, -0.15) is 0 Å². The van der Waals surface area contributed by atoms with Gasteiger partial charge >= 0.3 is 0 Å². The third-order valence-corrected chi connectivity index (χ3v) is 4.36. The highest BCUT2D eigenvalue weighted by Gasteiger charge is 2.28. The number of likely N-dealkylation sites (N-methyl/N-ethyl adjacent to an activating group) is 1. The highest BCUT2D eigenvalue weighted by molar-refractivity contribution is 7.90. The predicted molar refractivity (Wildman–Crippen MR) is 71.6 cm³/mol. The molecule has 1 aliphatic rings. The molecule has 1 atom stereocenters. The molecule has 5 nitrogen and oxygen atoms in total. The number of hydrogen-bond acceptors (Lipinski definition) is 5. The van der Waals surface area contributed by atoms with E-state index in [1.54, 1.807) is 18.3 Å². The molecule has 0 aromatic carbocycles. The monoisotopic (exact) mass is 269 g/mol. The molecule has 1 N–H and O–H groups in total. The van der Waals surface area contributed by atoms with E-state index < -0.39 is 9.84 Å². The second-order valence-electron chi connectivity index (χ2n) is 4.64. The average Bonchev–Trinajstić information content (AvgIpc) is 2.77. The Balaban J connectivity index is 2.39. The summed E-state index contributed by atoms with van der Waals surface area (Å²) in [7, 11) is -1.32. The van der Waals surface area contributed by atoms with Crippen LogP contribution >= 0.6 is 0 Å². The summed E-state index contributed by atoms with van der Waals surface area (Å²) < 4.78 is 23.6. The van der Waals surface area contributed by atoms with Gasteiger partial charge in [-0.15, -0.1) is 0 Å². The molecular formula is C12H19N3O2S. The number of rotatable bonds is 4. The number of anilines is 1. The fourth-order valence-corrected chi connectivity index (χ4v) is 3.28. The molecule has 1 fully saturated rings. The summed E-state index contributed by atoms with van der Waals surface area (Å²) in [6, 6.07) is 3.63. The van der Waals surface area contributed by atoms with Gasteiger partial charge in [-0.25, -0.2) is 13.4 Å². The molecular weight excluding hydrogens is 250 g/mol. The summed E-state index contributed by atoms with van der Waals surface area (Å²) in [6.07, 6.45) is 5.03. The molecule has 0 bridgehead atoms. The molecule has 0 spiro atoms. The quantitative estimate of drug-likeness (QED) is 0.870. The van der Waals surface area contributed by atoms with Gasteiger partial charge in [0, 0.05) is 31.6 Å². The Labute approximate surface area is 108 Å². The van der Waals surface area contributed by atoms with Crippen molar-refractivity contribution in [2.45, 2.75) is 23.8 Å². The van der Waals surface area contributed by atoms with Crippen LogP contribution in [0, 0.1) is 0 Å². The van der Waals surface area contributed by atoms with Crippen LogP contribution in [0.25, 0.3) is 0 Å². The third kappa shape index (κ3) is 2.64. The first-order valence-corrected chi connectivity index (χ1v) is 7.99. The van der Waals surface area contributed by atoms with Crippen LogP contribution in [0.5, 0.6) is 0 Å². The maximum absolute atomic E-state index is 11.8. The fourth-order valence-electron chi connectivity index (χ4n) is 2.45. The largest absolute Gasteiger partial charge is 0.351 e. The van der Waals surface area contributed by atoms with E-state index in [0.29, 0.717) is 16.8 Å². The Hall–Kier alpha value is -1.14. The van der Waals surface area contributed by atoms with E-state index in [0.717, 1.165) is 25.9 Å². The van der Waals surface area contributed by atoms with Crippen molar-refractivity contribution in [3.05, 3.63) is 18.3 Å². The molecule has 0 radical (unpaired) electrons. The van der Waals surface area contributed by atoms with E-state index in [9.17, 15) is 8.42 Å². The first-order chi connectivity index (χ1) is 8.54.